The van der Waals surface area contributed by atoms with Crippen molar-refractivity contribution in [2.24, 2.45) is 5.92 Å². The van der Waals surface area contributed by atoms with E-state index in [1.165, 1.54) is 4.68 Å². The number of esters is 1. The molecule has 9 nitrogen and oxygen atoms in total. The standard InChI is InChI=1S/C31H32N4O5S/c1-6-40-31(39)27-24-16-41-29(26(24)30(38)35(33-27)22-11-8-20(9-12-22)17(2)3)32-28(37)21-14-25(36)34(15-21)23-10-7-18(4)19(5)13-23/h7-13,16-17,21H,6,14-15H2,1-5H3,(H,32,37). The normalized spacial score (nSPS) is 15.1. The fourth-order valence-electron chi connectivity index (χ4n) is 4.91. The zero-order valence-electron chi connectivity index (χ0n) is 23.7. The third-order valence-electron chi connectivity index (χ3n) is 7.46. The minimum atomic E-state index is -0.661. The number of aryl methyl sites for hydroxylation is 2. The number of aromatic nitrogens is 2. The SMILES string of the molecule is CCOC(=O)c1nn(-c2ccc(C(C)C)cc2)c(=O)c2c(NC(=O)C3CC(=O)N(c4ccc(C)c(C)c4)C3)scc12. The Kier molecular flexibility index (Phi) is 7.77. The van der Waals surface area contributed by atoms with E-state index in [0.717, 1.165) is 33.7 Å². The van der Waals surface area contributed by atoms with Gasteiger partial charge in [0, 0.05) is 29.4 Å². The molecule has 0 spiro atoms. The molecule has 0 radical (unpaired) electrons. The molecule has 1 atom stereocenters. The fraction of sp³-hybridized carbons (Fsp3) is 0.323. The highest BCUT2D eigenvalue weighted by Crippen LogP contribution is 2.33. The molecule has 1 unspecified atom stereocenters. The van der Waals surface area contributed by atoms with E-state index < -0.39 is 17.4 Å². The number of rotatable bonds is 7. The Morgan fingerprint density at radius 1 is 1.07 bits per heavy atom. The van der Waals surface area contributed by atoms with Gasteiger partial charge in [0.15, 0.2) is 5.69 Å². The minimum Gasteiger partial charge on any atom is -0.461 e. The number of thiophene rings is 1. The summed E-state index contributed by atoms with van der Waals surface area (Å²) in [5, 5.41) is 9.64. The first kappa shape index (κ1) is 28.2. The van der Waals surface area contributed by atoms with E-state index in [9.17, 15) is 19.2 Å². The van der Waals surface area contributed by atoms with Crippen LogP contribution in [0.25, 0.3) is 16.5 Å². The maximum Gasteiger partial charge on any atom is 0.359 e. The van der Waals surface area contributed by atoms with Crippen LogP contribution in [0.1, 0.15) is 60.3 Å². The van der Waals surface area contributed by atoms with E-state index >= 15 is 0 Å². The van der Waals surface area contributed by atoms with Crippen LogP contribution in [-0.2, 0) is 14.3 Å². The number of amides is 2. The summed E-state index contributed by atoms with van der Waals surface area (Å²) in [6.45, 7) is 10.2. The Bertz CT molecular complexity index is 1720. The van der Waals surface area contributed by atoms with Gasteiger partial charge < -0.3 is 15.0 Å². The lowest BCUT2D eigenvalue weighted by Gasteiger charge is -2.18. The number of carbonyl (C=O) groups excluding carboxylic acids is 3. The maximum absolute atomic E-state index is 13.8. The van der Waals surface area contributed by atoms with Crippen LogP contribution in [0.4, 0.5) is 10.7 Å². The molecule has 2 aromatic heterocycles. The molecular weight excluding hydrogens is 540 g/mol. The van der Waals surface area contributed by atoms with Crippen molar-refractivity contribution >= 4 is 50.6 Å². The number of nitrogens with one attached hydrogen (secondary N) is 1. The molecule has 2 amide bonds. The van der Waals surface area contributed by atoms with Gasteiger partial charge in [0.1, 0.15) is 5.00 Å². The van der Waals surface area contributed by atoms with Gasteiger partial charge in [-0.05, 0) is 67.6 Å². The number of ether oxygens (including phenoxy) is 1. The summed E-state index contributed by atoms with van der Waals surface area (Å²) < 4.78 is 6.40. The predicted molar refractivity (Wildman–Crippen MR) is 160 cm³/mol. The zero-order chi connectivity index (χ0) is 29.4. The Hall–Kier alpha value is -4.31. The lowest BCUT2D eigenvalue weighted by atomic mass is 10.0. The summed E-state index contributed by atoms with van der Waals surface area (Å²) in [7, 11) is 0. The minimum absolute atomic E-state index is 0.0110. The molecule has 3 heterocycles. The van der Waals surface area contributed by atoms with Crippen molar-refractivity contribution in [3.8, 4) is 5.69 Å². The van der Waals surface area contributed by atoms with Crippen LogP contribution in [0.3, 0.4) is 0 Å². The zero-order valence-corrected chi connectivity index (χ0v) is 24.5. The molecule has 1 fully saturated rings. The van der Waals surface area contributed by atoms with Gasteiger partial charge in [-0.1, -0.05) is 32.0 Å². The van der Waals surface area contributed by atoms with E-state index in [0.29, 0.717) is 22.0 Å². The highest BCUT2D eigenvalue weighted by molar-refractivity contribution is 7.16. The topological polar surface area (TPSA) is 111 Å². The highest BCUT2D eigenvalue weighted by atomic mass is 32.1. The third-order valence-corrected chi connectivity index (χ3v) is 8.36. The largest absolute Gasteiger partial charge is 0.461 e. The van der Waals surface area contributed by atoms with Gasteiger partial charge in [-0.3, -0.25) is 14.4 Å². The van der Waals surface area contributed by atoms with Crippen LogP contribution in [0, 0.1) is 19.8 Å². The molecule has 0 bridgehead atoms. The van der Waals surface area contributed by atoms with Crippen molar-refractivity contribution in [1.29, 1.82) is 0 Å². The first-order valence-corrected chi connectivity index (χ1v) is 14.5. The van der Waals surface area contributed by atoms with Crippen molar-refractivity contribution in [2.75, 3.05) is 23.4 Å². The van der Waals surface area contributed by atoms with Crippen molar-refractivity contribution in [1.82, 2.24) is 9.78 Å². The van der Waals surface area contributed by atoms with E-state index in [1.807, 2.05) is 44.2 Å². The molecule has 0 saturated carbocycles. The molecule has 41 heavy (non-hydrogen) atoms. The van der Waals surface area contributed by atoms with Crippen molar-refractivity contribution in [3.63, 3.8) is 0 Å². The molecule has 10 heteroatoms. The van der Waals surface area contributed by atoms with Crippen molar-refractivity contribution < 1.29 is 19.1 Å². The third kappa shape index (κ3) is 5.39. The number of anilines is 2. The molecule has 2 aromatic carbocycles. The monoisotopic (exact) mass is 572 g/mol. The maximum atomic E-state index is 13.8. The summed E-state index contributed by atoms with van der Waals surface area (Å²) in [5.41, 5.74) is 4.04. The molecule has 1 aliphatic rings. The Morgan fingerprint density at radius 2 is 1.78 bits per heavy atom. The van der Waals surface area contributed by atoms with Gasteiger partial charge in [0.2, 0.25) is 11.8 Å². The number of fused-ring (bicyclic) bond motifs is 1. The van der Waals surface area contributed by atoms with Gasteiger partial charge >= 0.3 is 5.97 Å². The molecule has 5 rings (SSSR count). The van der Waals surface area contributed by atoms with Gasteiger partial charge in [0.05, 0.1) is 23.6 Å². The summed E-state index contributed by atoms with van der Waals surface area (Å²) in [6, 6.07) is 13.2. The first-order valence-electron chi connectivity index (χ1n) is 13.6. The second-order valence-corrected chi connectivity index (χ2v) is 11.4. The molecule has 4 aromatic rings. The molecule has 1 N–H and O–H groups in total. The summed E-state index contributed by atoms with van der Waals surface area (Å²) in [6.07, 6.45) is 0.0597. The number of hydrogen-bond donors (Lipinski definition) is 1. The second-order valence-electron chi connectivity index (χ2n) is 10.5. The fourth-order valence-corrected chi connectivity index (χ4v) is 5.85. The van der Waals surface area contributed by atoms with Crippen LogP contribution in [-0.4, -0.2) is 40.7 Å². The summed E-state index contributed by atoms with van der Waals surface area (Å²) >= 11 is 1.13. The second kappa shape index (κ2) is 11.3. The first-order chi connectivity index (χ1) is 19.6. The molecule has 0 aliphatic carbocycles. The molecular formula is C31H32N4O5S. The smallest absolute Gasteiger partial charge is 0.359 e. The predicted octanol–water partition coefficient (Wildman–Crippen LogP) is 5.36. The Morgan fingerprint density at radius 3 is 2.44 bits per heavy atom. The van der Waals surface area contributed by atoms with Crippen molar-refractivity contribution in [2.45, 2.75) is 47.0 Å². The van der Waals surface area contributed by atoms with E-state index in [4.69, 9.17) is 4.74 Å². The van der Waals surface area contributed by atoms with Crippen LogP contribution in [0.15, 0.2) is 52.6 Å². The summed E-state index contributed by atoms with van der Waals surface area (Å²) in [5.74, 6) is -1.46. The Balaban J connectivity index is 1.49. The quantitative estimate of drug-likeness (QED) is 0.299. The van der Waals surface area contributed by atoms with Crippen LogP contribution < -0.4 is 15.8 Å². The molecule has 1 saturated heterocycles. The van der Waals surface area contributed by atoms with Crippen LogP contribution >= 0.6 is 11.3 Å². The summed E-state index contributed by atoms with van der Waals surface area (Å²) in [4.78, 5) is 54.5. The van der Waals surface area contributed by atoms with Crippen LogP contribution in [0.2, 0.25) is 0 Å². The average molecular weight is 573 g/mol. The van der Waals surface area contributed by atoms with Gasteiger partial charge in [-0.2, -0.15) is 9.78 Å². The van der Waals surface area contributed by atoms with E-state index in [-0.39, 0.29) is 42.5 Å². The highest BCUT2D eigenvalue weighted by Gasteiger charge is 2.36. The number of benzene rings is 2. The average Bonchev–Trinajstić information content (AvgIpc) is 3.55. The van der Waals surface area contributed by atoms with E-state index in [1.54, 1.807) is 29.3 Å². The Labute approximate surface area is 241 Å². The number of carbonyl (C=O) groups is 3. The molecule has 212 valence electrons. The van der Waals surface area contributed by atoms with Gasteiger partial charge in [0.25, 0.3) is 5.56 Å². The number of hydrogen-bond acceptors (Lipinski definition) is 7. The van der Waals surface area contributed by atoms with Crippen LogP contribution in [0.5, 0.6) is 0 Å². The number of nitrogens with zero attached hydrogens (tertiary/aromatic N) is 3. The van der Waals surface area contributed by atoms with E-state index in [2.05, 4.69) is 24.3 Å². The van der Waals surface area contributed by atoms with Crippen molar-refractivity contribution in [3.05, 3.63) is 80.6 Å². The van der Waals surface area contributed by atoms with Gasteiger partial charge in [-0.25, -0.2) is 4.79 Å². The molecule has 1 aliphatic heterocycles. The lowest BCUT2D eigenvalue weighted by Crippen LogP contribution is -2.29. The lowest BCUT2D eigenvalue weighted by molar-refractivity contribution is -0.122. The van der Waals surface area contributed by atoms with Gasteiger partial charge in [-0.15, -0.1) is 11.3 Å².